The summed E-state index contributed by atoms with van der Waals surface area (Å²) in [7, 11) is 0. The van der Waals surface area contributed by atoms with Crippen LogP contribution in [0.4, 0.5) is 0 Å². The fourth-order valence-electron chi connectivity index (χ4n) is 2.81. The summed E-state index contributed by atoms with van der Waals surface area (Å²) in [5.41, 5.74) is 1.37. The van der Waals surface area contributed by atoms with Crippen molar-refractivity contribution in [2.45, 2.75) is 19.8 Å². The van der Waals surface area contributed by atoms with Gasteiger partial charge in [0.2, 0.25) is 0 Å². The lowest BCUT2D eigenvalue weighted by atomic mass is 9.99. The van der Waals surface area contributed by atoms with Crippen molar-refractivity contribution in [2.24, 2.45) is 0 Å². The van der Waals surface area contributed by atoms with Crippen LogP contribution in [0.1, 0.15) is 25.3 Å². The Morgan fingerprint density at radius 3 is 2.59 bits per heavy atom. The zero-order valence-electron chi connectivity index (χ0n) is 13.5. The SMILES string of the molecule is CC(C)c1ccc2ccc(OCCN3CCOCC3)cc2c1. The van der Waals surface area contributed by atoms with Gasteiger partial charge in [-0.3, -0.25) is 4.90 Å². The quantitative estimate of drug-likeness (QED) is 0.841. The largest absolute Gasteiger partial charge is 0.492 e. The van der Waals surface area contributed by atoms with Gasteiger partial charge in [0, 0.05) is 19.6 Å². The van der Waals surface area contributed by atoms with Crippen molar-refractivity contribution < 1.29 is 9.47 Å². The smallest absolute Gasteiger partial charge is 0.120 e. The molecular weight excluding hydrogens is 274 g/mol. The van der Waals surface area contributed by atoms with E-state index >= 15 is 0 Å². The van der Waals surface area contributed by atoms with Crippen LogP contribution in [0.15, 0.2) is 36.4 Å². The number of nitrogens with zero attached hydrogens (tertiary/aromatic N) is 1. The zero-order valence-corrected chi connectivity index (χ0v) is 13.5. The van der Waals surface area contributed by atoms with Crippen LogP contribution in [0.5, 0.6) is 5.75 Å². The van der Waals surface area contributed by atoms with Crippen LogP contribution < -0.4 is 4.74 Å². The number of ether oxygens (including phenoxy) is 2. The maximum Gasteiger partial charge on any atom is 0.120 e. The minimum absolute atomic E-state index is 0.551. The molecule has 0 radical (unpaired) electrons. The van der Waals surface area contributed by atoms with Crippen molar-refractivity contribution in [3.63, 3.8) is 0 Å². The summed E-state index contributed by atoms with van der Waals surface area (Å²) >= 11 is 0. The lowest BCUT2D eigenvalue weighted by molar-refractivity contribution is 0.0322. The molecule has 2 aromatic rings. The van der Waals surface area contributed by atoms with E-state index in [0.29, 0.717) is 5.92 Å². The van der Waals surface area contributed by atoms with Crippen molar-refractivity contribution in [1.29, 1.82) is 0 Å². The highest BCUT2D eigenvalue weighted by Crippen LogP contribution is 2.25. The normalized spacial score (nSPS) is 16.3. The van der Waals surface area contributed by atoms with Gasteiger partial charge >= 0.3 is 0 Å². The minimum atomic E-state index is 0.551. The Hall–Kier alpha value is -1.58. The fourth-order valence-corrected chi connectivity index (χ4v) is 2.81. The molecule has 3 rings (SSSR count). The summed E-state index contributed by atoms with van der Waals surface area (Å²) in [5, 5.41) is 2.53. The molecule has 0 N–H and O–H groups in total. The number of hydrogen-bond donors (Lipinski definition) is 0. The first-order valence-corrected chi connectivity index (χ1v) is 8.19. The van der Waals surface area contributed by atoms with E-state index in [1.165, 1.54) is 16.3 Å². The van der Waals surface area contributed by atoms with Crippen LogP contribution in [0.2, 0.25) is 0 Å². The third-order valence-corrected chi connectivity index (χ3v) is 4.28. The van der Waals surface area contributed by atoms with E-state index in [2.05, 4.69) is 55.1 Å². The molecule has 0 unspecified atom stereocenters. The lowest BCUT2D eigenvalue weighted by Gasteiger charge is -2.26. The molecule has 1 aliphatic heterocycles. The second kappa shape index (κ2) is 7.12. The molecule has 118 valence electrons. The summed E-state index contributed by atoms with van der Waals surface area (Å²) < 4.78 is 11.3. The summed E-state index contributed by atoms with van der Waals surface area (Å²) in [6, 6.07) is 13.0. The Morgan fingerprint density at radius 1 is 1.05 bits per heavy atom. The first-order chi connectivity index (χ1) is 10.7. The van der Waals surface area contributed by atoms with Gasteiger partial charge in [0.1, 0.15) is 12.4 Å². The lowest BCUT2D eigenvalue weighted by Crippen LogP contribution is -2.38. The zero-order chi connectivity index (χ0) is 15.4. The van der Waals surface area contributed by atoms with E-state index in [1.54, 1.807) is 0 Å². The molecule has 22 heavy (non-hydrogen) atoms. The van der Waals surface area contributed by atoms with Crippen molar-refractivity contribution in [2.75, 3.05) is 39.5 Å². The van der Waals surface area contributed by atoms with Crippen molar-refractivity contribution >= 4 is 10.8 Å². The van der Waals surface area contributed by atoms with Crippen molar-refractivity contribution in [3.05, 3.63) is 42.0 Å². The van der Waals surface area contributed by atoms with Crippen LogP contribution in [0, 0.1) is 0 Å². The molecule has 3 nitrogen and oxygen atoms in total. The van der Waals surface area contributed by atoms with Gasteiger partial charge in [0.25, 0.3) is 0 Å². The van der Waals surface area contributed by atoms with E-state index in [4.69, 9.17) is 9.47 Å². The number of fused-ring (bicyclic) bond motifs is 1. The monoisotopic (exact) mass is 299 g/mol. The van der Waals surface area contributed by atoms with E-state index in [9.17, 15) is 0 Å². The molecular formula is C19H25NO2. The average Bonchev–Trinajstić information content (AvgIpc) is 2.55. The number of benzene rings is 2. The minimum Gasteiger partial charge on any atom is -0.492 e. The third-order valence-electron chi connectivity index (χ3n) is 4.28. The molecule has 1 aliphatic rings. The van der Waals surface area contributed by atoms with Crippen LogP contribution in [0.25, 0.3) is 10.8 Å². The van der Waals surface area contributed by atoms with Gasteiger partial charge in [-0.1, -0.05) is 38.1 Å². The number of rotatable bonds is 5. The highest BCUT2D eigenvalue weighted by atomic mass is 16.5. The highest BCUT2D eigenvalue weighted by Gasteiger charge is 2.09. The van der Waals surface area contributed by atoms with Gasteiger partial charge in [-0.15, -0.1) is 0 Å². The van der Waals surface area contributed by atoms with Gasteiger partial charge in [-0.05, 0) is 34.4 Å². The first-order valence-electron chi connectivity index (χ1n) is 8.19. The first kappa shape index (κ1) is 15.3. The second-order valence-electron chi connectivity index (χ2n) is 6.23. The molecule has 0 atom stereocenters. The molecule has 1 fully saturated rings. The molecule has 0 bridgehead atoms. The molecule has 1 saturated heterocycles. The Morgan fingerprint density at radius 2 is 1.82 bits per heavy atom. The number of hydrogen-bond acceptors (Lipinski definition) is 3. The van der Waals surface area contributed by atoms with Gasteiger partial charge in [-0.25, -0.2) is 0 Å². The maximum atomic E-state index is 5.93. The van der Waals surface area contributed by atoms with Crippen LogP contribution in [-0.4, -0.2) is 44.4 Å². The van der Waals surface area contributed by atoms with Gasteiger partial charge in [0.05, 0.1) is 13.2 Å². The molecule has 1 heterocycles. The summed E-state index contributed by atoms with van der Waals surface area (Å²) in [6.07, 6.45) is 0. The molecule has 0 aromatic heterocycles. The standard InChI is InChI=1S/C19H25NO2/c1-15(2)17-4-3-16-5-6-19(14-18(16)13-17)22-12-9-20-7-10-21-11-8-20/h3-6,13-15H,7-12H2,1-2H3. The van der Waals surface area contributed by atoms with E-state index < -0.39 is 0 Å². The fraction of sp³-hybridized carbons (Fsp3) is 0.474. The van der Waals surface area contributed by atoms with Crippen LogP contribution in [0.3, 0.4) is 0 Å². The second-order valence-corrected chi connectivity index (χ2v) is 6.23. The van der Waals surface area contributed by atoms with Crippen LogP contribution in [-0.2, 0) is 4.74 Å². The summed E-state index contributed by atoms with van der Waals surface area (Å²) in [6.45, 7) is 9.86. The molecule has 2 aromatic carbocycles. The van der Waals surface area contributed by atoms with E-state index in [0.717, 1.165) is 45.2 Å². The predicted molar refractivity (Wildman–Crippen MR) is 90.8 cm³/mol. The topological polar surface area (TPSA) is 21.7 Å². The van der Waals surface area contributed by atoms with Gasteiger partial charge in [-0.2, -0.15) is 0 Å². The number of morpholine rings is 1. The van der Waals surface area contributed by atoms with Gasteiger partial charge in [0.15, 0.2) is 0 Å². The van der Waals surface area contributed by atoms with Crippen LogP contribution >= 0.6 is 0 Å². The van der Waals surface area contributed by atoms with Gasteiger partial charge < -0.3 is 9.47 Å². The van der Waals surface area contributed by atoms with Crippen molar-refractivity contribution in [3.8, 4) is 5.75 Å². The Balaban J connectivity index is 1.63. The Bertz CT molecular complexity index is 618. The molecule has 0 saturated carbocycles. The third kappa shape index (κ3) is 3.79. The molecule has 0 spiro atoms. The van der Waals surface area contributed by atoms with E-state index in [1.807, 2.05) is 0 Å². The maximum absolute atomic E-state index is 5.93. The Kier molecular flexibility index (Phi) is 4.96. The van der Waals surface area contributed by atoms with Crippen molar-refractivity contribution in [1.82, 2.24) is 4.90 Å². The highest BCUT2D eigenvalue weighted by molar-refractivity contribution is 5.84. The predicted octanol–water partition coefficient (Wildman–Crippen LogP) is 3.67. The summed E-state index contributed by atoms with van der Waals surface area (Å²) in [5.74, 6) is 1.51. The Labute approximate surface area is 132 Å². The molecule has 3 heteroatoms. The summed E-state index contributed by atoms with van der Waals surface area (Å²) in [4.78, 5) is 2.39. The molecule has 0 aliphatic carbocycles. The molecule has 0 amide bonds. The average molecular weight is 299 g/mol. The van der Waals surface area contributed by atoms with E-state index in [-0.39, 0.29) is 0 Å².